The van der Waals surface area contributed by atoms with Crippen LogP contribution in [0.4, 0.5) is 0 Å². The molecule has 0 spiro atoms. The minimum atomic E-state index is 0.739. The predicted octanol–water partition coefficient (Wildman–Crippen LogP) is 2.53. The van der Waals surface area contributed by atoms with Crippen molar-refractivity contribution in [3.63, 3.8) is 0 Å². The third-order valence-electron chi connectivity index (χ3n) is 3.49. The van der Waals surface area contributed by atoms with E-state index in [-0.39, 0.29) is 0 Å². The second kappa shape index (κ2) is 5.67. The summed E-state index contributed by atoms with van der Waals surface area (Å²) in [5.74, 6) is 0.739. The Morgan fingerprint density at radius 3 is 2.94 bits per heavy atom. The van der Waals surface area contributed by atoms with Gasteiger partial charge in [0, 0.05) is 18.3 Å². The fourth-order valence-electron chi connectivity index (χ4n) is 2.32. The lowest BCUT2D eigenvalue weighted by molar-refractivity contribution is 0.476. The lowest BCUT2D eigenvalue weighted by atomic mass is 10.0. The molecule has 1 atom stereocenters. The predicted molar refractivity (Wildman–Crippen MR) is 71.1 cm³/mol. The number of rotatable bonds is 7. The van der Waals surface area contributed by atoms with Gasteiger partial charge in [0.1, 0.15) is 0 Å². The van der Waals surface area contributed by atoms with Crippen molar-refractivity contribution >= 4 is 0 Å². The summed E-state index contributed by atoms with van der Waals surface area (Å²) in [5, 5.41) is 8.09. The first kappa shape index (κ1) is 12.6. The van der Waals surface area contributed by atoms with Crippen LogP contribution in [0, 0.1) is 12.8 Å². The average molecular weight is 235 g/mol. The van der Waals surface area contributed by atoms with Crippen molar-refractivity contribution in [3.8, 4) is 0 Å². The molecule has 0 radical (unpaired) electrons. The maximum atomic E-state index is 4.50. The smallest absolute Gasteiger partial charge is 0.0596 e. The largest absolute Gasteiger partial charge is 0.314 e. The Morgan fingerprint density at radius 1 is 1.53 bits per heavy atom. The highest BCUT2D eigenvalue weighted by Gasteiger charge is 2.20. The van der Waals surface area contributed by atoms with Gasteiger partial charge in [-0.15, -0.1) is 0 Å². The Kier molecular flexibility index (Phi) is 4.21. The molecule has 1 aromatic rings. The molecule has 1 saturated carbocycles. The minimum Gasteiger partial charge on any atom is -0.314 e. The second-order valence-corrected chi connectivity index (χ2v) is 5.42. The first-order valence-electron chi connectivity index (χ1n) is 6.95. The Morgan fingerprint density at radius 2 is 2.29 bits per heavy atom. The molecular formula is C14H25N3. The molecule has 1 unspecified atom stereocenters. The van der Waals surface area contributed by atoms with Crippen LogP contribution in [0.25, 0.3) is 0 Å². The molecular weight excluding hydrogens is 210 g/mol. The van der Waals surface area contributed by atoms with Crippen molar-refractivity contribution < 1.29 is 0 Å². The van der Waals surface area contributed by atoms with Crippen molar-refractivity contribution in [1.29, 1.82) is 0 Å². The zero-order chi connectivity index (χ0) is 12.3. The van der Waals surface area contributed by atoms with Gasteiger partial charge in [0.15, 0.2) is 0 Å². The molecule has 3 nitrogen and oxygen atoms in total. The molecule has 0 amide bonds. The molecule has 1 aliphatic carbocycles. The monoisotopic (exact) mass is 235 g/mol. The Labute approximate surface area is 105 Å². The molecule has 1 aliphatic rings. The Bertz CT molecular complexity index is 352. The van der Waals surface area contributed by atoms with E-state index in [0.717, 1.165) is 30.6 Å². The van der Waals surface area contributed by atoms with Gasteiger partial charge in [0.25, 0.3) is 0 Å². The topological polar surface area (TPSA) is 29.9 Å². The highest BCUT2D eigenvalue weighted by atomic mass is 15.3. The highest BCUT2D eigenvalue weighted by Crippen LogP contribution is 2.19. The summed E-state index contributed by atoms with van der Waals surface area (Å²) in [5.41, 5.74) is 2.54. The van der Waals surface area contributed by atoms with E-state index >= 15 is 0 Å². The standard InChI is InChI=1S/C14H25N3/c1-4-17-14(10-12(3)16-17)9-11(2)7-8-15-13-5-6-13/h10-11,13,15H,4-9H2,1-3H3. The van der Waals surface area contributed by atoms with E-state index in [0.29, 0.717) is 0 Å². The lowest BCUT2D eigenvalue weighted by Crippen LogP contribution is -2.20. The molecule has 0 bridgehead atoms. The third-order valence-corrected chi connectivity index (χ3v) is 3.49. The number of hydrogen-bond donors (Lipinski definition) is 1. The Hall–Kier alpha value is -0.830. The number of nitrogens with one attached hydrogen (secondary N) is 1. The van der Waals surface area contributed by atoms with Crippen LogP contribution in [0.3, 0.4) is 0 Å². The van der Waals surface area contributed by atoms with Gasteiger partial charge in [-0.25, -0.2) is 0 Å². The van der Waals surface area contributed by atoms with Crippen LogP contribution in [0.2, 0.25) is 0 Å². The zero-order valence-corrected chi connectivity index (χ0v) is 11.4. The van der Waals surface area contributed by atoms with E-state index in [1.165, 1.54) is 31.5 Å². The molecule has 1 N–H and O–H groups in total. The van der Waals surface area contributed by atoms with Gasteiger partial charge in [-0.05, 0) is 58.1 Å². The number of nitrogens with zero attached hydrogens (tertiary/aromatic N) is 2. The summed E-state index contributed by atoms with van der Waals surface area (Å²) >= 11 is 0. The van der Waals surface area contributed by atoms with Crippen molar-refractivity contribution in [3.05, 3.63) is 17.5 Å². The number of hydrogen-bond acceptors (Lipinski definition) is 2. The van der Waals surface area contributed by atoms with E-state index in [4.69, 9.17) is 0 Å². The summed E-state index contributed by atoms with van der Waals surface area (Å²) in [7, 11) is 0. The number of aryl methyl sites for hydroxylation is 2. The van der Waals surface area contributed by atoms with E-state index in [9.17, 15) is 0 Å². The summed E-state index contributed by atoms with van der Waals surface area (Å²) < 4.78 is 2.14. The van der Waals surface area contributed by atoms with E-state index in [2.05, 4.69) is 41.9 Å². The number of aromatic nitrogens is 2. The van der Waals surface area contributed by atoms with Crippen molar-refractivity contribution in [2.75, 3.05) is 6.54 Å². The molecule has 1 fully saturated rings. The van der Waals surface area contributed by atoms with Gasteiger partial charge < -0.3 is 5.32 Å². The SMILES string of the molecule is CCn1nc(C)cc1CC(C)CCNC1CC1. The normalized spacial score (nSPS) is 17.4. The van der Waals surface area contributed by atoms with Gasteiger partial charge in [-0.1, -0.05) is 6.92 Å². The van der Waals surface area contributed by atoms with Crippen LogP contribution in [0.5, 0.6) is 0 Å². The maximum Gasteiger partial charge on any atom is 0.0596 e. The molecule has 3 heteroatoms. The zero-order valence-electron chi connectivity index (χ0n) is 11.4. The summed E-state index contributed by atoms with van der Waals surface area (Å²) in [6, 6.07) is 3.07. The van der Waals surface area contributed by atoms with Gasteiger partial charge >= 0.3 is 0 Å². The van der Waals surface area contributed by atoms with E-state index in [1.54, 1.807) is 0 Å². The molecule has 2 rings (SSSR count). The van der Waals surface area contributed by atoms with Crippen molar-refractivity contribution in [1.82, 2.24) is 15.1 Å². The van der Waals surface area contributed by atoms with Crippen LogP contribution in [-0.4, -0.2) is 22.4 Å². The molecule has 17 heavy (non-hydrogen) atoms. The molecule has 1 aromatic heterocycles. The van der Waals surface area contributed by atoms with Crippen molar-refractivity contribution in [2.24, 2.45) is 5.92 Å². The van der Waals surface area contributed by atoms with Crippen LogP contribution >= 0.6 is 0 Å². The highest BCUT2D eigenvalue weighted by molar-refractivity contribution is 5.09. The molecule has 96 valence electrons. The Balaban J connectivity index is 1.77. The van der Waals surface area contributed by atoms with Gasteiger partial charge in [0.2, 0.25) is 0 Å². The second-order valence-electron chi connectivity index (χ2n) is 5.42. The van der Waals surface area contributed by atoms with E-state index in [1.807, 2.05) is 0 Å². The van der Waals surface area contributed by atoms with Crippen LogP contribution in [0.1, 0.15) is 44.5 Å². The summed E-state index contributed by atoms with van der Waals surface area (Å²) in [6.07, 6.45) is 5.19. The van der Waals surface area contributed by atoms with Crippen LogP contribution in [0.15, 0.2) is 6.07 Å². The average Bonchev–Trinajstić information content (AvgIpc) is 3.03. The van der Waals surface area contributed by atoms with Gasteiger partial charge in [-0.2, -0.15) is 5.10 Å². The molecule has 0 saturated heterocycles. The van der Waals surface area contributed by atoms with Crippen LogP contribution in [-0.2, 0) is 13.0 Å². The fourth-order valence-corrected chi connectivity index (χ4v) is 2.32. The quantitative estimate of drug-likeness (QED) is 0.787. The summed E-state index contributed by atoms with van der Waals surface area (Å²) in [6.45, 7) is 8.74. The molecule has 1 heterocycles. The van der Waals surface area contributed by atoms with Gasteiger partial charge in [0.05, 0.1) is 5.69 Å². The lowest BCUT2D eigenvalue weighted by Gasteiger charge is -2.12. The maximum absolute atomic E-state index is 4.50. The van der Waals surface area contributed by atoms with Gasteiger partial charge in [-0.3, -0.25) is 4.68 Å². The summed E-state index contributed by atoms with van der Waals surface area (Å²) in [4.78, 5) is 0. The first-order valence-corrected chi connectivity index (χ1v) is 6.95. The molecule has 0 aliphatic heterocycles. The molecule has 0 aromatic carbocycles. The first-order chi connectivity index (χ1) is 8.19. The van der Waals surface area contributed by atoms with Crippen LogP contribution < -0.4 is 5.32 Å². The minimum absolute atomic E-state index is 0.739. The van der Waals surface area contributed by atoms with E-state index < -0.39 is 0 Å². The fraction of sp³-hybridized carbons (Fsp3) is 0.786. The van der Waals surface area contributed by atoms with Crippen molar-refractivity contribution in [2.45, 2.75) is 59.0 Å². The third kappa shape index (κ3) is 3.84.